The van der Waals surface area contributed by atoms with E-state index in [1.807, 2.05) is 41.5 Å². The van der Waals surface area contributed by atoms with Gasteiger partial charge in [0.05, 0.1) is 24.0 Å². The summed E-state index contributed by atoms with van der Waals surface area (Å²) in [6.45, 7) is 11.4. The second-order valence-electron chi connectivity index (χ2n) is 6.00. The van der Waals surface area contributed by atoms with Crippen LogP contribution in [0.3, 0.4) is 0 Å². The molecule has 4 heteroatoms. The maximum atomic E-state index is 11.4. The molecule has 100 valence electrons. The van der Waals surface area contributed by atoms with Crippen LogP contribution in [0.25, 0.3) is 0 Å². The summed E-state index contributed by atoms with van der Waals surface area (Å²) >= 11 is 0. The quantitative estimate of drug-likeness (QED) is 0.409. The van der Waals surface area contributed by atoms with Gasteiger partial charge >= 0.3 is 0 Å². The van der Waals surface area contributed by atoms with Gasteiger partial charge in [0.1, 0.15) is 12.1 Å². The lowest BCUT2D eigenvalue weighted by Gasteiger charge is -2.32. The van der Waals surface area contributed by atoms with Crippen LogP contribution in [0, 0.1) is 0 Å². The minimum atomic E-state index is -0.609. The topological polar surface area (TPSA) is 52.6 Å². The molecule has 0 aromatic rings. The summed E-state index contributed by atoms with van der Waals surface area (Å²) in [4.78, 5) is 21.7. The zero-order valence-electron chi connectivity index (χ0n) is 11.7. The number of Topliss-reactive ketones (excluding diaryl/α,β-unsaturated/α-hetero) is 1. The van der Waals surface area contributed by atoms with Gasteiger partial charge in [0.15, 0.2) is 6.29 Å². The SMILES string of the molecule is CC(C)(C)OC(CC(=O)CC=O)OC(C)(C)C. The number of ether oxygens (including phenoxy) is 2. The Labute approximate surface area is 104 Å². The first-order valence-corrected chi connectivity index (χ1v) is 5.84. The largest absolute Gasteiger partial charge is 0.347 e. The average Bonchev–Trinajstić information content (AvgIpc) is 1.96. The standard InChI is InChI=1S/C13H24O4/c1-12(2,3)16-11(17-13(4,5)6)9-10(15)7-8-14/h8,11H,7,9H2,1-6H3. The minimum absolute atomic E-state index is 0.0858. The van der Waals surface area contributed by atoms with Crippen molar-refractivity contribution in [3.63, 3.8) is 0 Å². The molecule has 0 aliphatic rings. The summed E-state index contributed by atoms with van der Waals surface area (Å²) in [5.74, 6) is -0.168. The summed E-state index contributed by atoms with van der Waals surface area (Å²) in [6.07, 6.45) is 0.0145. The molecule has 0 atom stereocenters. The van der Waals surface area contributed by atoms with Crippen molar-refractivity contribution in [1.29, 1.82) is 0 Å². The summed E-state index contributed by atoms with van der Waals surface area (Å²) in [5, 5.41) is 0. The molecule has 0 saturated carbocycles. The van der Waals surface area contributed by atoms with Crippen LogP contribution in [-0.4, -0.2) is 29.6 Å². The molecular formula is C13H24O4. The normalized spacial score (nSPS) is 12.9. The Kier molecular flexibility index (Phi) is 5.99. The summed E-state index contributed by atoms with van der Waals surface area (Å²) < 4.78 is 11.3. The molecule has 17 heavy (non-hydrogen) atoms. The van der Waals surface area contributed by atoms with Crippen LogP contribution in [0.15, 0.2) is 0 Å². The van der Waals surface area contributed by atoms with E-state index in [1.165, 1.54) is 0 Å². The van der Waals surface area contributed by atoms with Crippen molar-refractivity contribution < 1.29 is 19.1 Å². The predicted molar refractivity (Wildman–Crippen MR) is 65.8 cm³/mol. The highest BCUT2D eigenvalue weighted by molar-refractivity contribution is 5.89. The molecule has 0 rings (SSSR count). The number of aldehydes is 1. The molecular weight excluding hydrogens is 220 g/mol. The van der Waals surface area contributed by atoms with E-state index in [2.05, 4.69) is 0 Å². The van der Waals surface area contributed by atoms with E-state index in [0.717, 1.165) is 0 Å². The highest BCUT2D eigenvalue weighted by Gasteiger charge is 2.26. The minimum Gasteiger partial charge on any atom is -0.347 e. The van der Waals surface area contributed by atoms with Crippen molar-refractivity contribution in [2.75, 3.05) is 0 Å². The summed E-state index contributed by atoms with van der Waals surface area (Å²) in [7, 11) is 0. The molecule has 4 nitrogen and oxygen atoms in total. The van der Waals surface area contributed by atoms with Gasteiger partial charge in [0.25, 0.3) is 0 Å². The van der Waals surface area contributed by atoms with E-state index < -0.39 is 17.5 Å². The zero-order valence-corrected chi connectivity index (χ0v) is 11.7. The third-order valence-corrected chi connectivity index (χ3v) is 1.68. The molecule has 0 aromatic carbocycles. The lowest BCUT2D eigenvalue weighted by Crippen LogP contribution is -2.36. The molecule has 0 aromatic heterocycles. The Morgan fingerprint density at radius 3 is 1.76 bits per heavy atom. The molecule has 0 aliphatic heterocycles. The Morgan fingerprint density at radius 1 is 1.06 bits per heavy atom. The molecule has 0 bridgehead atoms. The number of carbonyl (C=O) groups excluding carboxylic acids is 2. The van der Waals surface area contributed by atoms with E-state index in [9.17, 15) is 9.59 Å². The third-order valence-electron chi connectivity index (χ3n) is 1.68. The molecule has 0 unspecified atom stereocenters. The van der Waals surface area contributed by atoms with Gasteiger partial charge in [0.2, 0.25) is 0 Å². The molecule has 0 spiro atoms. The molecule has 0 N–H and O–H groups in total. The highest BCUT2D eigenvalue weighted by Crippen LogP contribution is 2.20. The molecule has 0 radical (unpaired) electrons. The van der Waals surface area contributed by atoms with Crippen molar-refractivity contribution >= 4 is 12.1 Å². The number of ketones is 1. The zero-order chi connectivity index (χ0) is 13.7. The Bertz CT molecular complexity index is 242. The van der Waals surface area contributed by atoms with Crippen molar-refractivity contribution in [2.24, 2.45) is 0 Å². The van der Waals surface area contributed by atoms with E-state index in [1.54, 1.807) is 0 Å². The third kappa shape index (κ3) is 10.1. The summed E-state index contributed by atoms with van der Waals surface area (Å²) in [6, 6.07) is 0. The van der Waals surface area contributed by atoms with Crippen LogP contribution in [0.1, 0.15) is 54.4 Å². The first-order chi connectivity index (χ1) is 7.53. The van der Waals surface area contributed by atoms with Gasteiger partial charge in [0, 0.05) is 0 Å². The predicted octanol–water partition coefficient (Wildman–Crippen LogP) is 2.49. The van der Waals surface area contributed by atoms with Gasteiger partial charge in [-0.25, -0.2) is 0 Å². The van der Waals surface area contributed by atoms with Gasteiger partial charge < -0.3 is 14.3 Å². The van der Waals surface area contributed by atoms with Crippen molar-refractivity contribution in [2.45, 2.75) is 71.9 Å². The van der Waals surface area contributed by atoms with Crippen LogP contribution in [0.4, 0.5) is 0 Å². The monoisotopic (exact) mass is 244 g/mol. The number of rotatable bonds is 6. The van der Waals surface area contributed by atoms with Crippen molar-refractivity contribution in [1.82, 2.24) is 0 Å². The van der Waals surface area contributed by atoms with Gasteiger partial charge in [-0.3, -0.25) is 4.79 Å². The van der Waals surface area contributed by atoms with Crippen LogP contribution in [-0.2, 0) is 19.1 Å². The Morgan fingerprint density at radius 2 is 1.47 bits per heavy atom. The van der Waals surface area contributed by atoms with E-state index in [0.29, 0.717) is 6.29 Å². The van der Waals surface area contributed by atoms with Crippen LogP contribution in [0.2, 0.25) is 0 Å². The van der Waals surface area contributed by atoms with Crippen LogP contribution < -0.4 is 0 Å². The number of hydrogen-bond donors (Lipinski definition) is 0. The fourth-order valence-corrected chi connectivity index (χ4v) is 1.26. The molecule has 0 heterocycles. The van der Waals surface area contributed by atoms with E-state index in [-0.39, 0.29) is 18.6 Å². The Balaban J connectivity index is 4.51. The van der Waals surface area contributed by atoms with Crippen molar-refractivity contribution in [3.05, 3.63) is 0 Å². The second kappa shape index (κ2) is 6.26. The number of carbonyl (C=O) groups is 2. The Hall–Kier alpha value is -0.740. The molecule has 0 aliphatic carbocycles. The first-order valence-electron chi connectivity index (χ1n) is 5.84. The van der Waals surface area contributed by atoms with Crippen LogP contribution >= 0.6 is 0 Å². The smallest absolute Gasteiger partial charge is 0.165 e. The number of hydrogen-bond acceptors (Lipinski definition) is 4. The maximum absolute atomic E-state index is 11.4. The van der Waals surface area contributed by atoms with Gasteiger partial charge in [-0.2, -0.15) is 0 Å². The fourth-order valence-electron chi connectivity index (χ4n) is 1.26. The van der Waals surface area contributed by atoms with Gasteiger partial charge in [-0.1, -0.05) is 0 Å². The second-order valence-corrected chi connectivity index (χ2v) is 6.00. The molecule has 0 fully saturated rings. The lowest BCUT2D eigenvalue weighted by molar-refractivity contribution is -0.233. The summed E-state index contributed by atoms with van der Waals surface area (Å²) in [5.41, 5.74) is -0.783. The van der Waals surface area contributed by atoms with Gasteiger partial charge in [-0.05, 0) is 41.5 Å². The lowest BCUT2D eigenvalue weighted by atomic mass is 10.1. The molecule has 0 saturated heterocycles. The average molecular weight is 244 g/mol. The van der Waals surface area contributed by atoms with Crippen molar-refractivity contribution in [3.8, 4) is 0 Å². The van der Waals surface area contributed by atoms with Crippen LogP contribution in [0.5, 0.6) is 0 Å². The first kappa shape index (κ1) is 16.3. The highest BCUT2D eigenvalue weighted by atomic mass is 16.7. The van der Waals surface area contributed by atoms with E-state index >= 15 is 0 Å². The molecule has 0 amide bonds. The van der Waals surface area contributed by atoms with E-state index in [4.69, 9.17) is 9.47 Å². The fraction of sp³-hybridized carbons (Fsp3) is 0.846. The maximum Gasteiger partial charge on any atom is 0.165 e. The van der Waals surface area contributed by atoms with Gasteiger partial charge in [-0.15, -0.1) is 0 Å².